The first kappa shape index (κ1) is 18.8. The number of aromatic nitrogens is 2. The van der Waals surface area contributed by atoms with E-state index in [2.05, 4.69) is 39.5 Å². The number of para-hydroxylation sites is 1. The molecule has 1 N–H and O–H groups in total. The maximum absolute atomic E-state index is 12.4. The van der Waals surface area contributed by atoms with Crippen LogP contribution in [0.3, 0.4) is 0 Å². The minimum absolute atomic E-state index is 0.0687. The molecular formula is C22H24N4OS. The summed E-state index contributed by atoms with van der Waals surface area (Å²) < 4.78 is 2.01. The molecule has 0 unspecified atom stereocenters. The van der Waals surface area contributed by atoms with Gasteiger partial charge in [-0.25, -0.2) is 4.98 Å². The zero-order valence-corrected chi connectivity index (χ0v) is 16.5. The van der Waals surface area contributed by atoms with Crippen LogP contribution in [-0.2, 0) is 11.3 Å². The SMILES string of the molecule is O=C(CSc1nccn1-c1ccccc1)N[C@@H]1CCN(Cc2ccccc2)C1. The van der Waals surface area contributed by atoms with Crippen LogP contribution in [0.1, 0.15) is 12.0 Å². The van der Waals surface area contributed by atoms with E-state index in [0.29, 0.717) is 5.75 Å². The zero-order valence-electron chi connectivity index (χ0n) is 15.7. The molecule has 1 aliphatic heterocycles. The van der Waals surface area contributed by atoms with E-state index in [1.807, 2.05) is 47.2 Å². The van der Waals surface area contributed by atoms with E-state index in [9.17, 15) is 4.79 Å². The number of carbonyl (C=O) groups excluding carboxylic acids is 1. The minimum atomic E-state index is 0.0687. The van der Waals surface area contributed by atoms with Crippen LogP contribution in [0.15, 0.2) is 78.2 Å². The van der Waals surface area contributed by atoms with E-state index >= 15 is 0 Å². The Morgan fingerprint density at radius 2 is 1.86 bits per heavy atom. The largest absolute Gasteiger partial charge is 0.351 e. The molecule has 1 saturated heterocycles. The van der Waals surface area contributed by atoms with Gasteiger partial charge in [0.2, 0.25) is 5.91 Å². The van der Waals surface area contributed by atoms with Crippen molar-refractivity contribution in [1.29, 1.82) is 0 Å². The molecule has 1 fully saturated rings. The topological polar surface area (TPSA) is 50.2 Å². The normalized spacial score (nSPS) is 16.9. The number of nitrogens with zero attached hydrogens (tertiary/aromatic N) is 3. The Hall–Kier alpha value is -2.57. The van der Waals surface area contributed by atoms with Gasteiger partial charge in [0.05, 0.1) is 5.75 Å². The van der Waals surface area contributed by atoms with Gasteiger partial charge < -0.3 is 5.32 Å². The lowest BCUT2D eigenvalue weighted by atomic mass is 10.2. The van der Waals surface area contributed by atoms with Gasteiger partial charge in [-0.1, -0.05) is 60.3 Å². The second-order valence-electron chi connectivity index (χ2n) is 6.98. The van der Waals surface area contributed by atoms with Crippen LogP contribution in [0.25, 0.3) is 5.69 Å². The van der Waals surface area contributed by atoms with Gasteiger partial charge in [-0.05, 0) is 24.1 Å². The van der Waals surface area contributed by atoms with Crippen molar-refractivity contribution in [1.82, 2.24) is 19.8 Å². The Balaban J connectivity index is 1.25. The molecule has 5 nitrogen and oxygen atoms in total. The van der Waals surface area contributed by atoms with Crippen LogP contribution < -0.4 is 5.32 Å². The zero-order chi connectivity index (χ0) is 19.2. The van der Waals surface area contributed by atoms with E-state index in [1.165, 1.54) is 17.3 Å². The summed E-state index contributed by atoms with van der Waals surface area (Å²) in [6.07, 6.45) is 4.70. The first-order valence-corrected chi connectivity index (χ1v) is 10.5. The number of likely N-dealkylation sites (tertiary alicyclic amines) is 1. The lowest BCUT2D eigenvalue weighted by Gasteiger charge is -2.16. The average molecular weight is 393 g/mol. The number of amides is 1. The molecule has 1 amide bonds. The highest BCUT2D eigenvalue weighted by atomic mass is 32.2. The second-order valence-corrected chi connectivity index (χ2v) is 7.92. The van der Waals surface area contributed by atoms with Crippen molar-refractivity contribution in [3.8, 4) is 5.69 Å². The fraction of sp³-hybridized carbons (Fsp3) is 0.273. The van der Waals surface area contributed by atoms with E-state index < -0.39 is 0 Å². The van der Waals surface area contributed by atoms with E-state index in [0.717, 1.165) is 36.9 Å². The van der Waals surface area contributed by atoms with Crippen molar-refractivity contribution in [3.63, 3.8) is 0 Å². The van der Waals surface area contributed by atoms with Gasteiger partial charge in [-0.15, -0.1) is 0 Å². The molecule has 0 radical (unpaired) electrons. The van der Waals surface area contributed by atoms with Gasteiger partial charge in [0.1, 0.15) is 0 Å². The van der Waals surface area contributed by atoms with Crippen molar-refractivity contribution in [2.45, 2.75) is 24.2 Å². The molecular weight excluding hydrogens is 368 g/mol. The number of carbonyl (C=O) groups is 1. The summed E-state index contributed by atoms with van der Waals surface area (Å²) in [4.78, 5) is 19.2. The fourth-order valence-corrected chi connectivity index (χ4v) is 4.30. The number of thioether (sulfide) groups is 1. The standard InChI is InChI=1S/C22H24N4OS/c27-21(17-28-22-23-12-14-26(22)20-9-5-2-6-10-20)24-19-11-13-25(16-19)15-18-7-3-1-4-8-18/h1-10,12,14,19H,11,13,15-17H2,(H,24,27)/t19-/m1/s1. The van der Waals surface area contributed by atoms with E-state index in [4.69, 9.17) is 0 Å². The Morgan fingerprint density at radius 3 is 2.64 bits per heavy atom. The summed E-state index contributed by atoms with van der Waals surface area (Å²) in [7, 11) is 0. The highest BCUT2D eigenvalue weighted by Crippen LogP contribution is 2.20. The van der Waals surface area contributed by atoms with Crippen LogP contribution in [0, 0.1) is 0 Å². The molecule has 1 aromatic heterocycles. The summed E-state index contributed by atoms with van der Waals surface area (Å²) in [6, 6.07) is 20.8. The average Bonchev–Trinajstić information content (AvgIpc) is 3.37. The van der Waals surface area contributed by atoms with Crippen molar-refractivity contribution >= 4 is 17.7 Å². The van der Waals surface area contributed by atoms with Crippen molar-refractivity contribution in [2.24, 2.45) is 0 Å². The number of hydrogen-bond acceptors (Lipinski definition) is 4. The molecule has 2 heterocycles. The maximum atomic E-state index is 12.4. The van der Waals surface area contributed by atoms with Crippen LogP contribution in [0.5, 0.6) is 0 Å². The van der Waals surface area contributed by atoms with Crippen LogP contribution in [0.2, 0.25) is 0 Å². The second kappa shape index (κ2) is 9.08. The van der Waals surface area contributed by atoms with E-state index in [1.54, 1.807) is 6.20 Å². The Bertz CT molecular complexity index is 897. The number of hydrogen-bond donors (Lipinski definition) is 1. The highest BCUT2D eigenvalue weighted by molar-refractivity contribution is 7.99. The molecule has 144 valence electrons. The summed E-state index contributed by atoms with van der Waals surface area (Å²) >= 11 is 1.47. The molecule has 28 heavy (non-hydrogen) atoms. The predicted molar refractivity (Wildman–Crippen MR) is 113 cm³/mol. The monoisotopic (exact) mass is 392 g/mol. The summed E-state index contributed by atoms with van der Waals surface area (Å²) in [5, 5.41) is 4.01. The lowest BCUT2D eigenvalue weighted by molar-refractivity contribution is -0.119. The first-order valence-electron chi connectivity index (χ1n) is 9.55. The molecule has 0 spiro atoms. The predicted octanol–water partition coefficient (Wildman–Crippen LogP) is 3.36. The Kier molecular flexibility index (Phi) is 6.09. The number of rotatable bonds is 7. The minimum Gasteiger partial charge on any atom is -0.351 e. The summed E-state index contributed by atoms with van der Waals surface area (Å²) in [6.45, 7) is 2.87. The fourth-order valence-electron chi connectivity index (χ4n) is 3.52. The smallest absolute Gasteiger partial charge is 0.230 e. The molecule has 0 aliphatic carbocycles. The summed E-state index contributed by atoms with van der Waals surface area (Å²) in [5.41, 5.74) is 2.37. The van der Waals surface area contributed by atoms with Gasteiger partial charge in [-0.2, -0.15) is 0 Å². The number of imidazole rings is 1. The molecule has 3 aromatic rings. The summed E-state index contributed by atoms with van der Waals surface area (Å²) in [5.74, 6) is 0.443. The van der Waals surface area contributed by atoms with Crippen LogP contribution in [-0.4, -0.2) is 45.2 Å². The van der Waals surface area contributed by atoms with Gasteiger partial charge in [-0.3, -0.25) is 14.3 Å². The number of benzene rings is 2. The van der Waals surface area contributed by atoms with Crippen molar-refractivity contribution in [2.75, 3.05) is 18.8 Å². The molecule has 0 saturated carbocycles. The third-order valence-corrected chi connectivity index (χ3v) is 5.83. The molecule has 4 rings (SSSR count). The molecule has 0 bridgehead atoms. The van der Waals surface area contributed by atoms with Gasteiger partial charge in [0, 0.05) is 43.8 Å². The van der Waals surface area contributed by atoms with Crippen molar-refractivity contribution < 1.29 is 4.79 Å². The Labute approximate surface area is 169 Å². The molecule has 2 aromatic carbocycles. The van der Waals surface area contributed by atoms with Gasteiger partial charge in [0.25, 0.3) is 0 Å². The molecule has 6 heteroatoms. The van der Waals surface area contributed by atoms with Crippen LogP contribution in [0.4, 0.5) is 0 Å². The molecule has 1 aliphatic rings. The third-order valence-electron chi connectivity index (χ3n) is 4.86. The quantitative estimate of drug-likeness (QED) is 0.627. The van der Waals surface area contributed by atoms with Gasteiger partial charge in [0.15, 0.2) is 5.16 Å². The lowest BCUT2D eigenvalue weighted by Crippen LogP contribution is -2.38. The first-order chi connectivity index (χ1) is 13.8. The Morgan fingerprint density at radius 1 is 1.11 bits per heavy atom. The number of nitrogens with one attached hydrogen (secondary N) is 1. The maximum Gasteiger partial charge on any atom is 0.230 e. The highest BCUT2D eigenvalue weighted by Gasteiger charge is 2.24. The third kappa shape index (κ3) is 4.82. The molecule has 1 atom stereocenters. The van der Waals surface area contributed by atoms with Crippen LogP contribution >= 0.6 is 11.8 Å². The van der Waals surface area contributed by atoms with E-state index in [-0.39, 0.29) is 11.9 Å². The van der Waals surface area contributed by atoms with Gasteiger partial charge >= 0.3 is 0 Å². The van der Waals surface area contributed by atoms with Crippen molar-refractivity contribution in [3.05, 3.63) is 78.6 Å².